The van der Waals surface area contributed by atoms with Crippen LogP contribution in [0.1, 0.15) is 35.3 Å². The number of pyridine rings is 1. The lowest BCUT2D eigenvalue weighted by molar-refractivity contribution is -0.146. The summed E-state index contributed by atoms with van der Waals surface area (Å²) in [5.41, 5.74) is 2.11. The lowest BCUT2D eigenvalue weighted by atomic mass is 9.84. The fraction of sp³-hybridized carbons (Fsp3) is 0.208. The number of nitrogens with zero attached hydrogens (tertiary/aromatic N) is 1. The normalized spacial score (nSPS) is 11.0. The molecule has 1 amide bonds. The highest BCUT2D eigenvalue weighted by molar-refractivity contribution is 6.31. The van der Waals surface area contributed by atoms with Gasteiger partial charge in [0.2, 0.25) is 0 Å². The first-order valence-corrected chi connectivity index (χ1v) is 10.6. The van der Waals surface area contributed by atoms with Gasteiger partial charge in [-0.05, 0) is 55.3 Å². The van der Waals surface area contributed by atoms with Crippen LogP contribution < -0.4 is 10.6 Å². The molecular formula is C24H23Cl2N3O3. The predicted octanol–water partition coefficient (Wildman–Crippen LogP) is 5.70. The molecule has 0 unspecified atom stereocenters. The molecule has 0 aliphatic carbocycles. The first-order chi connectivity index (χ1) is 15.2. The average molecular weight is 472 g/mol. The third kappa shape index (κ3) is 5.58. The van der Waals surface area contributed by atoms with E-state index in [-0.39, 0.29) is 11.9 Å². The number of carbonyl (C=O) groups excluding carboxylic acids is 2. The van der Waals surface area contributed by atoms with Crippen molar-refractivity contribution in [2.75, 3.05) is 17.7 Å². The number of aromatic nitrogens is 1. The summed E-state index contributed by atoms with van der Waals surface area (Å²) in [5.74, 6) is -0.260. The van der Waals surface area contributed by atoms with Gasteiger partial charge in [-0.1, -0.05) is 47.5 Å². The highest BCUT2D eigenvalue weighted by Crippen LogP contribution is 2.26. The highest BCUT2D eigenvalue weighted by atomic mass is 35.5. The minimum absolute atomic E-state index is 0.296. The van der Waals surface area contributed by atoms with E-state index in [2.05, 4.69) is 15.6 Å². The number of methoxy groups -OCH3 is 1. The number of hydrogen-bond donors (Lipinski definition) is 2. The van der Waals surface area contributed by atoms with Crippen molar-refractivity contribution in [1.82, 2.24) is 4.98 Å². The van der Waals surface area contributed by atoms with Gasteiger partial charge in [-0.25, -0.2) is 4.98 Å². The Balaban J connectivity index is 1.73. The summed E-state index contributed by atoms with van der Waals surface area (Å²) in [6, 6.07) is 16.0. The molecule has 2 aromatic carbocycles. The first-order valence-electron chi connectivity index (χ1n) is 9.85. The van der Waals surface area contributed by atoms with Crippen molar-refractivity contribution < 1.29 is 14.3 Å². The van der Waals surface area contributed by atoms with Crippen LogP contribution in [0.2, 0.25) is 10.0 Å². The summed E-state index contributed by atoms with van der Waals surface area (Å²) >= 11 is 12.0. The van der Waals surface area contributed by atoms with Gasteiger partial charge in [0.15, 0.2) is 0 Å². The summed E-state index contributed by atoms with van der Waals surface area (Å²) in [6.45, 7) is 4.11. The Bertz CT molecular complexity index is 1110. The minimum Gasteiger partial charge on any atom is -0.468 e. The maximum absolute atomic E-state index is 12.8. The molecule has 0 atom stereocenters. The molecule has 0 aliphatic rings. The quantitative estimate of drug-likeness (QED) is 0.431. The number of carbonyl (C=O) groups is 2. The molecule has 0 bridgehead atoms. The number of ether oxygens (including phenoxy) is 1. The molecule has 0 spiro atoms. The number of hydrogen-bond acceptors (Lipinski definition) is 5. The molecule has 0 aliphatic heterocycles. The van der Waals surface area contributed by atoms with E-state index in [9.17, 15) is 9.59 Å². The van der Waals surface area contributed by atoms with Crippen LogP contribution in [0.15, 0.2) is 60.8 Å². The molecule has 8 heteroatoms. The number of benzene rings is 2. The van der Waals surface area contributed by atoms with Crippen LogP contribution in [0.5, 0.6) is 0 Å². The number of anilines is 2. The average Bonchev–Trinajstić information content (AvgIpc) is 2.79. The van der Waals surface area contributed by atoms with Crippen LogP contribution in [-0.2, 0) is 21.5 Å². The number of amides is 1. The second-order valence-electron chi connectivity index (χ2n) is 7.67. The van der Waals surface area contributed by atoms with E-state index >= 15 is 0 Å². The van der Waals surface area contributed by atoms with Gasteiger partial charge in [-0.3, -0.25) is 9.59 Å². The maximum Gasteiger partial charge on any atom is 0.315 e. The Hall–Kier alpha value is -3.09. The zero-order valence-corrected chi connectivity index (χ0v) is 19.4. The topological polar surface area (TPSA) is 80.3 Å². The first kappa shape index (κ1) is 23.6. The molecule has 0 saturated heterocycles. The monoisotopic (exact) mass is 471 g/mol. The Morgan fingerprint density at radius 3 is 2.31 bits per heavy atom. The third-order valence-corrected chi connectivity index (χ3v) is 5.51. The lowest BCUT2D eigenvalue weighted by Crippen LogP contribution is -2.30. The van der Waals surface area contributed by atoms with E-state index in [1.54, 1.807) is 30.3 Å². The molecule has 166 valence electrons. The molecular weight excluding hydrogens is 449 g/mol. The number of esters is 1. The highest BCUT2D eigenvalue weighted by Gasteiger charge is 2.30. The van der Waals surface area contributed by atoms with E-state index in [0.29, 0.717) is 33.7 Å². The second kappa shape index (κ2) is 10.0. The molecule has 6 nitrogen and oxygen atoms in total. The molecule has 3 rings (SSSR count). The molecule has 0 saturated carbocycles. The van der Waals surface area contributed by atoms with Crippen molar-refractivity contribution in [3.63, 3.8) is 0 Å². The van der Waals surface area contributed by atoms with Gasteiger partial charge in [0, 0.05) is 23.5 Å². The van der Waals surface area contributed by atoms with E-state index in [4.69, 9.17) is 27.9 Å². The van der Waals surface area contributed by atoms with Gasteiger partial charge in [0.25, 0.3) is 5.91 Å². The molecule has 0 fully saturated rings. The maximum atomic E-state index is 12.8. The van der Waals surface area contributed by atoms with Crippen LogP contribution in [0.4, 0.5) is 11.5 Å². The standard InChI is InChI=1S/C24H23Cl2N3O3/c1-24(2,23(31)32-3)16-6-4-15(5-7-16)13-27-20-10-8-17(25)12-19(20)22(30)29-21-11-9-18(26)14-28-21/h4-12,14,27H,13H2,1-3H3,(H,28,29,30). The van der Waals surface area contributed by atoms with Crippen molar-refractivity contribution in [2.24, 2.45) is 0 Å². The van der Waals surface area contributed by atoms with Crippen LogP contribution in [0.25, 0.3) is 0 Å². The van der Waals surface area contributed by atoms with Gasteiger partial charge in [-0.15, -0.1) is 0 Å². The van der Waals surface area contributed by atoms with Crippen LogP contribution in [0, 0.1) is 0 Å². The fourth-order valence-corrected chi connectivity index (χ4v) is 3.39. The summed E-state index contributed by atoms with van der Waals surface area (Å²) in [5, 5.41) is 6.94. The Kier molecular flexibility index (Phi) is 7.38. The van der Waals surface area contributed by atoms with Crippen molar-refractivity contribution in [2.45, 2.75) is 25.8 Å². The van der Waals surface area contributed by atoms with Gasteiger partial charge < -0.3 is 15.4 Å². The SMILES string of the molecule is COC(=O)C(C)(C)c1ccc(CNc2ccc(Cl)cc2C(=O)Nc2ccc(Cl)cn2)cc1. The Morgan fingerprint density at radius 1 is 1.00 bits per heavy atom. The molecule has 0 radical (unpaired) electrons. The van der Waals surface area contributed by atoms with Crippen molar-refractivity contribution in [3.05, 3.63) is 87.5 Å². The predicted molar refractivity (Wildman–Crippen MR) is 127 cm³/mol. The second-order valence-corrected chi connectivity index (χ2v) is 8.55. The summed E-state index contributed by atoms with van der Waals surface area (Å²) < 4.78 is 4.89. The Labute approximate surface area is 196 Å². The van der Waals surface area contributed by atoms with Crippen molar-refractivity contribution in [1.29, 1.82) is 0 Å². The number of rotatable bonds is 7. The summed E-state index contributed by atoms with van der Waals surface area (Å²) in [6.07, 6.45) is 1.46. The van der Waals surface area contributed by atoms with Gasteiger partial charge >= 0.3 is 5.97 Å². The van der Waals surface area contributed by atoms with Crippen molar-refractivity contribution >= 4 is 46.6 Å². The Morgan fingerprint density at radius 2 is 1.69 bits per heavy atom. The summed E-state index contributed by atoms with van der Waals surface area (Å²) in [4.78, 5) is 28.9. The summed E-state index contributed by atoms with van der Waals surface area (Å²) in [7, 11) is 1.38. The van der Waals surface area contributed by atoms with Gasteiger partial charge in [0.05, 0.1) is 23.1 Å². The molecule has 1 heterocycles. The van der Waals surface area contributed by atoms with Crippen LogP contribution in [-0.4, -0.2) is 24.0 Å². The zero-order valence-electron chi connectivity index (χ0n) is 17.9. The van der Waals surface area contributed by atoms with Crippen LogP contribution in [0.3, 0.4) is 0 Å². The molecule has 32 heavy (non-hydrogen) atoms. The largest absolute Gasteiger partial charge is 0.468 e. The van der Waals surface area contributed by atoms with E-state index < -0.39 is 5.41 Å². The van der Waals surface area contributed by atoms with E-state index in [0.717, 1.165) is 11.1 Å². The fourth-order valence-electron chi connectivity index (χ4n) is 3.10. The van der Waals surface area contributed by atoms with E-state index in [1.807, 2.05) is 38.1 Å². The number of nitrogens with one attached hydrogen (secondary N) is 2. The lowest BCUT2D eigenvalue weighted by Gasteiger charge is -2.22. The van der Waals surface area contributed by atoms with E-state index in [1.165, 1.54) is 13.3 Å². The smallest absolute Gasteiger partial charge is 0.315 e. The zero-order chi connectivity index (χ0) is 23.3. The minimum atomic E-state index is -0.738. The van der Waals surface area contributed by atoms with Crippen molar-refractivity contribution in [3.8, 4) is 0 Å². The van der Waals surface area contributed by atoms with Crippen LogP contribution >= 0.6 is 23.2 Å². The molecule has 3 aromatic rings. The third-order valence-electron chi connectivity index (χ3n) is 5.05. The van der Waals surface area contributed by atoms with Gasteiger partial charge in [0.1, 0.15) is 5.82 Å². The number of halogens is 2. The molecule has 1 aromatic heterocycles. The van der Waals surface area contributed by atoms with Gasteiger partial charge in [-0.2, -0.15) is 0 Å². The molecule has 2 N–H and O–H groups in total.